The smallest absolute Gasteiger partial charge is 0.0401 e. The van der Waals surface area contributed by atoms with E-state index in [9.17, 15) is 0 Å². The Kier molecular flexibility index (Phi) is 1.77. The minimum Gasteiger partial charge on any atom is -0.122 e. The Morgan fingerprint density at radius 3 is 2.11 bits per heavy atom. The molecule has 0 aromatic heterocycles. The predicted molar refractivity (Wildman–Crippen MR) is 41.8 cm³/mol. The Morgan fingerprint density at radius 2 is 2.11 bits per heavy atom. The summed E-state index contributed by atoms with van der Waals surface area (Å²) < 4.78 is 0. The van der Waals surface area contributed by atoms with Crippen LogP contribution in [0.3, 0.4) is 0 Å². The average Bonchev–Trinajstić information content (AvgIpc) is 2.43. The lowest BCUT2D eigenvalue weighted by atomic mass is 9.90. The molecule has 1 aliphatic carbocycles. The second-order valence-electron chi connectivity index (χ2n) is 3.41. The number of hydrogen-bond donors (Lipinski definition) is 0. The summed E-state index contributed by atoms with van der Waals surface area (Å²) in [6.07, 6.45) is 2.49. The minimum absolute atomic E-state index is 0.475. The SMILES string of the molecule is CCC1(C(C)C)CC1Cl. The standard InChI is InChI=1S/C8H15Cl/c1-4-8(6(2)3)5-7(8)9/h6-7H,4-5H2,1-3H3. The van der Waals surface area contributed by atoms with Gasteiger partial charge in [-0.05, 0) is 24.2 Å². The van der Waals surface area contributed by atoms with Gasteiger partial charge < -0.3 is 0 Å². The molecule has 0 spiro atoms. The monoisotopic (exact) mass is 146 g/mol. The lowest BCUT2D eigenvalue weighted by molar-refractivity contribution is 0.349. The fourth-order valence-electron chi connectivity index (χ4n) is 1.65. The zero-order valence-electron chi connectivity index (χ0n) is 6.45. The molecular formula is C8H15Cl. The number of rotatable bonds is 2. The first-order valence-electron chi connectivity index (χ1n) is 3.77. The summed E-state index contributed by atoms with van der Waals surface area (Å²) in [5.41, 5.74) is 0.515. The van der Waals surface area contributed by atoms with Crippen LogP contribution in [0.5, 0.6) is 0 Å². The van der Waals surface area contributed by atoms with Crippen molar-refractivity contribution in [1.29, 1.82) is 0 Å². The Balaban J connectivity index is 2.52. The topological polar surface area (TPSA) is 0 Å². The summed E-state index contributed by atoms with van der Waals surface area (Å²) in [5, 5.41) is 0.475. The molecule has 1 aliphatic rings. The molecule has 1 fully saturated rings. The lowest BCUT2D eigenvalue weighted by Gasteiger charge is -2.16. The Hall–Kier alpha value is 0.290. The van der Waals surface area contributed by atoms with Gasteiger partial charge in [0.25, 0.3) is 0 Å². The fourth-order valence-corrected chi connectivity index (χ4v) is 2.34. The van der Waals surface area contributed by atoms with Crippen LogP contribution < -0.4 is 0 Å². The van der Waals surface area contributed by atoms with Crippen molar-refractivity contribution in [3.63, 3.8) is 0 Å². The van der Waals surface area contributed by atoms with E-state index in [0.717, 1.165) is 5.92 Å². The zero-order valence-corrected chi connectivity index (χ0v) is 7.20. The molecule has 0 saturated heterocycles. The molecule has 1 rings (SSSR count). The van der Waals surface area contributed by atoms with E-state index in [0.29, 0.717) is 10.8 Å². The number of alkyl halides is 1. The highest BCUT2D eigenvalue weighted by Crippen LogP contribution is 2.57. The molecule has 0 aliphatic heterocycles. The van der Waals surface area contributed by atoms with Crippen molar-refractivity contribution in [2.24, 2.45) is 11.3 Å². The van der Waals surface area contributed by atoms with Gasteiger partial charge in [0.2, 0.25) is 0 Å². The van der Waals surface area contributed by atoms with Gasteiger partial charge in [0.05, 0.1) is 0 Å². The van der Waals surface area contributed by atoms with Crippen LogP contribution in [0.1, 0.15) is 33.6 Å². The highest BCUT2D eigenvalue weighted by Gasteiger charge is 2.53. The molecule has 9 heavy (non-hydrogen) atoms. The molecule has 0 heterocycles. The average molecular weight is 147 g/mol. The van der Waals surface area contributed by atoms with Crippen molar-refractivity contribution in [3.8, 4) is 0 Å². The van der Waals surface area contributed by atoms with Crippen LogP contribution in [0.25, 0.3) is 0 Å². The maximum Gasteiger partial charge on any atom is 0.0401 e. The third kappa shape index (κ3) is 0.980. The van der Waals surface area contributed by atoms with Gasteiger partial charge in [-0.25, -0.2) is 0 Å². The molecular weight excluding hydrogens is 132 g/mol. The van der Waals surface area contributed by atoms with Gasteiger partial charge in [-0.2, -0.15) is 0 Å². The Labute approximate surface area is 62.6 Å². The molecule has 54 valence electrons. The largest absolute Gasteiger partial charge is 0.122 e. The van der Waals surface area contributed by atoms with E-state index in [2.05, 4.69) is 20.8 Å². The van der Waals surface area contributed by atoms with Gasteiger partial charge in [0.1, 0.15) is 0 Å². The molecule has 1 saturated carbocycles. The van der Waals surface area contributed by atoms with Gasteiger partial charge in [-0.1, -0.05) is 20.8 Å². The summed E-state index contributed by atoms with van der Waals surface area (Å²) >= 11 is 6.00. The van der Waals surface area contributed by atoms with Crippen LogP contribution in [0.2, 0.25) is 0 Å². The molecule has 1 heteroatoms. The first-order valence-corrected chi connectivity index (χ1v) is 4.21. The molecule has 0 aromatic rings. The van der Waals surface area contributed by atoms with Gasteiger partial charge in [-0.15, -0.1) is 11.6 Å². The van der Waals surface area contributed by atoms with Crippen molar-refractivity contribution >= 4 is 11.6 Å². The third-order valence-corrected chi connectivity index (χ3v) is 3.42. The molecule has 0 radical (unpaired) electrons. The van der Waals surface area contributed by atoms with Gasteiger partial charge in [-0.3, -0.25) is 0 Å². The number of hydrogen-bond acceptors (Lipinski definition) is 0. The summed E-state index contributed by atoms with van der Waals surface area (Å²) in [6.45, 7) is 6.78. The second kappa shape index (κ2) is 2.16. The van der Waals surface area contributed by atoms with Crippen LogP contribution in [0.15, 0.2) is 0 Å². The minimum atomic E-state index is 0.475. The van der Waals surface area contributed by atoms with E-state index in [1.807, 2.05) is 0 Å². The van der Waals surface area contributed by atoms with Crippen LogP contribution in [-0.4, -0.2) is 5.38 Å². The van der Waals surface area contributed by atoms with Gasteiger partial charge in [0, 0.05) is 5.38 Å². The molecule has 0 amide bonds. The van der Waals surface area contributed by atoms with Crippen molar-refractivity contribution in [2.45, 2.75) is 39.0 Å². The molecule has 2 atom stereocenters. The molecule has 2 unspecified atom stereocenters. The quantitative estimate of drug-likeness (QED) is 0.526. The van der Waals surface area contributed by atoms with Crippen molar-refractivity contribution in [3.05, 3.63) is 0 Å². The maximum absolute atomic E-state index is 6.00. The normalized spacial score (nSPS) is 41.7. The van der Waals surface area contributed by atoms with E-state index in [1.165, 1.54) is 12.8 Å². The summed E-state index contributed by atoms with van der Waals surface area (Å²) in [4.78, 5) is 0. The third-order valence-electron chi connectivity index (χ3n) is 2.83. The van der Waals surface area contributed by atoms with Crippen molar-refractivity contribution in [1.82, 2.24) is 0 Å². The van der Waals surface area contributed by atoms with E-state index in [-0.39, 0.29) is 0 Å². The molecule has 0 aromatic carbocycles. The predicted octanol–water partition coefficient (Wildman–Crippen LogP) is 3.05. The zero-order chi connectivity index (χ0) is 7.07. The molecule has 0 N–H and O–H groups in total. The Bertz CT molecular complexity index is 105. The van der Waals surface area contributed by atoms with Crippen molar-refractivity contribution in [2.75, 3.05) is 0 Å². The highest BCUT2D eigenvalue weighted by molar-refractivity contribution is 6.23. The highest BCUT2D eigenvalue weighted by atomic mass is 35.5. The lowest BCUT2D eigenvalue weighted by Crippen LogP contribution is -2.10. The fraction of sp³-hybridized carbons (Fsp3) is 1.00. The summed E-state index contributed by atoms with van der Waals surface area (Å²) in [7, 11) is 0. The van der Waals surface area contributed by atoms with Crippen LogP contribution in [0, 0.1) is 11.3 Å². The van der Waals surface area contributed by atoms with E-state index in [4.69, 9.17) is 11.6 Å². The van der Waals surface area contributed by atoms with Gasteiger partial charge in [0.15, 0.2) is 0 Å². The molecule has 0 nitrogen and oxygen atoms in total. The first kappa shape index (κ1) is 7.40. The van der Waals surface area contributed by atoms with Crippen molar-refractivity contribution < 1.29 is 0 Å². The Morgan fingerprint density at radius 1 is 1.67 bits per heavy atom. The number of halogens is 1. The van der Waals surface area contributed by atoms with Gasteiger partial charge >= 0.3 is 0 Å². The van der Waals surface area contributed by atoms with E-state index < -0.39 is 0 Å². The maximum atomic E-state index is 6.00. The van der Waals surface area contributed by atoms with Crippen LogP contribution >= 0.6 is 11.6 Å². The van der Waals surface area contributed by atoms with Crippen LogP contribution in [-0.2, 0) is 0 Å². The molecule has 0 bridgehead atoms. The first-order chi connectivity index (χ1) is 4.13. The second-order valence-corrected chi connectivity index (χ2v) is 3.94. The van der Waals surface area contributed by atoms with E-state index >= 15 is 0 Å². The summed E-state index contributed by atoms with van der Waals surface area (Å²) in [6, 6.07) is 0. The van der Waals surface area contributed by atoms with E-state index in [1.54, 1.807) is 0 Å². The van der Waals surface area contributed by atoms with Crippen LogP contribution in [0.4, 0.5) is 0 Å². The summed E-state index contributed by atoms with van der Waals surface area (Å²) in [5.74, 6) is 0.769.